The van der Waals surface area contributed by atoms with Crippen LogP contribution in [0.25, 0.3) is 33.1 Å². The molecule has 0 radical (unpaired) electrons. The lowest BCUT2D eigenvalue weighted by Gasteiger charge is -2.10. The highest BCUT2D eigenvalue weighted by Crippen LogP contribution is 2.32. The molecule has 0 unspecified atom stereocenters. The number of H-pyrrole nitrogens is 1. The van der Waals surface area contributed by atoms with E-state index >= 15 is 0 Å². The average molecular weight is 302 g/mol. The monoisotopic (exact) mass is 302 g/mol. The minimum Gasteiger partial charge on any atom is -0.496 e. The van der Waals surface area contributed by atoms with Crippen LogP contribution in [0.1, 0.15) is 0 Å². The molecule has 3 aromatic carbocycles. The first-order chi connectivity index (χ1) is 11.3. The van der Waals surface area contributed by atoms with Gasteiger partial charge in [-0.2, -0.15) is 0 Å². The SMILES string of the molecule is COc1ccc(-c2nc3ccccc3c(=O)[nH]2)c2ccccc12. The third kappa shape index (κ3) is 2.16. The van der Waals surface area contributed by atoms with Crippen LogP contribution in [0.4, 0.5) is 0 Å². The number of hydrogen-bond acceptors (Lipinski definition) is 3. The summed E-state index contributed by atoms with van der Waals surface area (Å²) >= 11 is 0. The number of methoxy groups -OCH3 is 1. The van der Waals surface area contributed by atoms with E-state index in [0.717, 1.165) is 22.1 Å². The molecule has 0 fully saturated rings. The lowest BCUT2D eigenvalue weighted by atomic mass is 10.0. The van der Waals surface area contributed by atoms with Crippen molar-refractivity contribution in [3.8, 4) is 17.1 Å². The van der Waals surface area contributed by atoms with Gasteiger partial charge in [0.1, 0.15) is 11.6 Å². The van der Waals surface area contributed by atoms with Gasteiger partial charge in [0, 0.05) is 10.9 Å². The van der Waals surface area contributed by atoms with E-state index in [1.54, 1.807) is 13.2 Å². The van der Waals surface area contributed by atoms with Gasteiger partial charge in [-0.05, 0) is 29.7 Å². The summed E-state index contributed by atoms with van der Waals surface area (Å²) in [5.41, 5.74) is 1.43. The Kier molecular flexibility index (Phi) is 3.08. The van der Waals surface area contributed by atoms with E-state index in [2.05, 4.69) is 9.97 Å². The number of para-hydroxylation sites is 1. The normalized spacial score (nSPS) is 11.0. The summed E-state index contributed by atoms with van der Waals surface area (Å²) in [5, 5.41) is 2.57. The van der Waals surface area contributed by atoms with Gasteiger partial charge in [0.05, 0.1) is 18.0 Å². The van der Waals surface area contributed by atoms with Gasteiger partial charge < -0.3 is 9.72 Å². The van der Waals surface area contributed by atoms with E-state index in [4.69, 9.17) is 4.74 Å². The number of nitrogens with zero attached hydrogens (tertiary/aromatic N) is 1. The van der Waals surface area contributed by atoms with Gasteiger partial charge in [-0.25, -0.2) is 4.98 Å². The van der Waals surface area contributed by atoms with Gasteiger partial charge in [0.25, 0.3) is 5.56 Å². The van der Waals surface area contributed by atoms with E-state index in [-0.39, 0.29) is 5.56 Å². The van der Waals surface area contributed by atoms with Crippen LogP contribution in [-0.2, 0) is 0 Å². The molecule has 112 valence electrons. The Balaban J connectivity index is 2.05. The molecule has 0 saturated heterocycles. The molecule has 1 heterocycles. The Morgan fingerprint density at radius 1 is 0.870 bits per heavy atom. The van der Waals surface area contributed by atoms with Crippen molar-refractivity contribution in [2.75, 3.05) is 7.11 Å². The van der Waals surface area contributed by atoms with Crippen LogP contribution in [0.15, 0.2) is 65.5 Å². The first-order valence-corrected chi connectivity index (χ1v) is 7.33. The molecule has 0 atom stereocenters. The zero-order valence-electron chi connectivity index (χ0n) is 12.5. The Morgan fingerprint density at radius 2 is 1.57 bits per heavy atom. The van der Waals surface area contributed by atoms with Crippen LogP contribution >= 0.6 is 0 Å². The van der Waals surface area contributed by atoms with Gasteiger partial charge >= 0.3 is 0 Å². The molecule has 0 aliphatic heterocycles. The smallest absolute Gasteiger partial charge is 0.259 e. The first kappa shape index (κ1) is 13.5. The zero-order valence-corrected chi connectivity index (χ0v) is 12.5. The highest BCUT2D eigenvalue weighted by Gasteiger charge is 2.11. The molecule has 1 aromatic heterocycles. The Hall–Kier alpha value is -3.14. The summed E-state index contributed by atoms with van der Waals surface area (Å²) in [6.07, 6.45) is 0. The van der Waals surface area contributed by atoms with E-state index in [1.165, 1.54) is 0 Å². The zero-order chi connectivity index (χ0) is 15.8. The van der Waals surface area contributed by atoms with Crippen molar-refractivity contribution >= 4 is 21.7 Å². The molecule has 0 aliphatic rings. The van der Waals surface area contributed by atoms with E-state index in [1.807, 2.05) is 54.6 Å². The molecule has 4 aromatic rings. The summed E-state index contributed by atoms with van der Waals surface area (Å²) in [5.74, 6) is 1.36. The largest absolute Gasteiger partial charge is 0.496 e. The molecule has 0 amide bonds. The summed E-state index contributed by atoms with van der Waals surface area (Å²) in [7, 11) is 1.65. The Bertz CT molecular complexity index is 1080. The molecule has 1 N–H and O–H groups in total. The molecule has 4 heteroatoms. The van der Waals surface area contributed by atoms with Crippen LogP contribution in [0.5, 0.6) is 5.75 Å². The van der Waals surface area contributed by atoms with Crippen molar-refractivity contribution in [1.29, 1.82) is 0 Å². The predicted molar refractivity (Wildman–Crippen MR) is 91.9 cm³/mol. The lowest BCUT2D eigenvalue weighted by Crippen LogP contribution is -2.09. The van der Waals surface area contributed by atoms with Gasteiger partial charge in [0.2, 0.25) is 0 Å². The Morgan fingerprint density at radius 3 is 2.35 bits per heavy atom. The number of ether oxygens (including phenoxy) is 1. The highest BCUT2D eigenvalue weighted by atomic mass is 16.5. The lowest BCUT2D eigenvalue weighted by molar-refractivity contribution is 0.420. The number of fused-ring (bicyclic) bond motifs is 2. The molecule has 23 heavy (non-hydrogen) atoms. The average Bonchev–Trinajstić information content (AvgIpc) is 2.60. The molecule has 0 saturated carbocycles. The summed E-state index contributed by atoms with van der Waals surface area (Å²) in [6.45, 7) is 0. The minimum atomic E-state index is -0.134. The Labute approximate surface area is 132 Å². The van der Waals surface area contributed by atoms with E-state index < -0.39 is 0 Å². The van der Waals surface area contributed by atoms with Crippen molar-refractivity contribution in [3.05, 3.63) is 71.0 Å². The summed E-state index contributed by atoms with van der Waals surface area (Å²) in [6, 6.07) is 19.1. The second-order valence-corrected chi connectivity index (χ2v) is 5.29. The fourth-order valence-corrected chi connectivity index (χ4v) is 2.87. The maximum absolute atomic E-state index is 12.3. The minimum absolute atomic E-state index is 0.134. The molecule has 0 bridgehead atoms. The molecular weight excluding hydrogens is 288 g/mol. The van der Waals surface area contributed by atoms with E-state index in [0.29, 0.717) is 16.7 Å². The summed E-state index contributed by atoms with van der Waals surface area (Å²) < 4.78 is 5.42. The van der Waals surface area contributed by atoms with Crippen LogP contribution in [-0.4, -0.2) is 17.1 Å². The molecule has 4 rings (SSSR count). The number of rotatable bonds is 2. The fraction of sp³-hybridized carbons (Fsp3) is 0.0526. The number of benzene rings is 3. The van der Waals surface area contributed by atoms with Crippen molar-refractivity contribution in [3.63, 3.8) is 0 Å². The van der Waals surface area contributed by atoms with Crippen LogP contribution in [0.3, 0.4) is 0 Å². The highest BCUT2D eigenvalue weighted by molar-refractivity contribution is 5.99. The predicted octanol–water partition coefficient (Wildman–Crippen LogP) is 3.75. The van der Waals surface area contributed by atoms with E-state index in [9.17, 15) is 4.79 Å². The fourth-order valence-electron chi connectivity index (χ4n) is 2.87. The standard InChI is InChI=1S/C19H14N2O2/c1-23-17-11-10-14(12-6-2-3-7-13(12)17)18-20-16-9-5-4-8-15(16)19(22)21-18/h2-11H,1H3,(H,20,21,22). The first-order valence-electron chi connectivity index (χ1n) is 7.33. The number of hydrogen-bond donors (Lipinski definition) is 1. The quantitative estimate of drug-likeness (QED) is 0.613. The van der Waals surface area contributed by atoms with Crippen molar-refractivity contribution in [2.24, 2.45) is 0 Å². The van der Waals surface area contributed by atoms with Crippen LogP contribution in [0, 0.1) is 0 Å². The maximum atomic E-state index is 12.3. The van der Waals surface area contributed by atoms with Crippen molar-refractivity contribution in [2.45, 2.75) is 0 Å². The molecule has 0 aliphatic carbocycles. The maximum Gasteiger partial charge on any atom is 0.259 e. The van der Waals surface area contributed by atoms with Crippen molar-refractivity contribution < 1.29 is 4.74 Å². The van der Waals surface area contributed by atoms with Gasteiger partial charge in [-0.3, -0.25) is 4.79 Å². The number of aromatic amines is 1. The van der Waals surface area contributed by atoms with Crippen molar-refractivity contribution in [1.82, 2.24) is 9.97 Å². The molecule has 4 nitrogen and oxygen atoms in total. The topological polar surface area (TPSA) is 55.0 Å². The van der Waals surface area contributed by atoms with Crippen LogP contribution < -0.4 is 10.3 Å². The second-order valence-electron chi connectivity index (χ2n) is 5.29. The summed E-state index contributed by atoms with van der Waals surface area (Å²) in [4.78, 5) is 19.8. The number of nitrogens with one attached hydrogen (secondary N) is 1. The third-order valence-corrected chi connectivity index (χ3v) is 3.97. The molecular formula is C19H14N2O2. The van der Waals surface area contributed by atoms with Gasteiger partial charge in [-0.15, -0.1) is 0 Å². The number of aromatic nitrogens is 2. The molecule has 0 spiro atoms. The third-order valence-electron chi connectivity index (χ3n) is 3.97. The van der Waals surface area contributed by atoms with Crippen LogP contribution in [0.2, 0.25) is 0 Å². The second kappa shape index (κ2) is 5.25. The van der Waals surface area contributed by atoms with Gasteiger partial charge in [0.15, 0.2) is 0 Å². The van der Waals surface area contributed by atoms with Gasteiger partial charge in [-0.1, -0.05) is 36.4 Å².